The van der Waals surface area contributed by atoms with Gasteiger partial charge in [-0.15, -0.1) is 11.6 Å². The predicted molar refractivity (Wildman–Crippen MR) is 58.2 cm³/mol. The molecule has 17 heavy (non-hydrogen) atoms. The van der Waals surface area contributed by atoms with Crippen molar-refractivity contribution in [1.82, 2.24) is 0 Å². The molecule has 1 aromatic carbocycles. The third-order valence-electron chi connectivity index (χ3n) is 2.00. The number of nitriles is 1. The summed E-state index contributed by atoms with van der Waals surface area (Å²) in [5.74, 6) is -1.21. The van der Waals surface area contributed by atoms with E-state index in [1.165, 1.54) is 0 Å². The highest BCUT2D eigenvalue weighted by Gasteiger charge is 2.24. The third-order valence-corrected chi connectivity index (χ3v) is 2.24. The number of nitrogens with zero attached hydrogens (tertiary/aromatic N) is 2. The molecule has 0 aliphatic carbocycles. The Balaban J connectivity index is 3.65. The molecule has 0 unspecified atom stereocenters. The molecule has 0 heterocycles. The van der Waals surface area contributed by atoms with Gasteiger partial charge in [0.05, 0.1) is 22.4 Å². The van der Waals surface area contributed by atoms with Crippen molar-refractivity contribution in [2.75, 3.05) is 5.88 Å². The Labute approximate surface area is 101 Å². The van der Waals surface area contributed by atoms with E-state index in [0.29, 0.717) is 0 Å². The zero-order valence-corrected chi connectivity index (χ0v) is 9.10. The molecule has 1 aromatic rings. The summed E-state index contributed by atoms with van der Waals surface area (Å²) in [6.07, 6.45) is 0.285. The fourth-order valence-electron chi connectivity index (χ4n) is 1.32. The van der Waals surface area contributed by atoms with Crippen molar-refractivity contribution in [2.45, 2.75) is 0 Å². The molecule has 86 valence electrons. The van der Waals surface area contributed by atoms with Crippen LogP contribution in [0.2, 0.25) is 0 Å². The molecule has 0 saturated heterocycles. The highest BCUT2D eigenvalue weighted by molar-refractivity contribution is 6.31. The van der Waals surface area contributed by atoms with Crippen molar-refractivity contribution in [3.8, 4) is 6.07 Å². The molecule has 0 atom stereocenters. The van der Waals surface area contributed by atoms with Gasteiger partial charge in [0.2, 0.25) is 0 Å². The van der Waals surface area contributed by atoms with E-state index in [2.05, 4.69) is 0 Å². The molecule has 0 fully saturated rings. The lowest BCUT2D eigenvalue weighted by Gasteiger charge is -2.03. The molecule has 0 saturated carbocycles. The normalized spacial score (nSPS) is 9.41. The van der Waals surface area contributed by atoms with Crippen LogP contribution < -0.4 is 0 Å². The number of Topliss-reactive ketones (excluding diaryl/α,β-unsaturated/α-hetero) is 1. The van der Waals surface area contributed by atoms with Crippen LogP contribution in [-0.4, -0.2) is 22.9 Å². The molecule has 0 N–H and O–H groups in total. The first-order valence-electron chi connectivity index (χ1n) is 4.32. The van der Waals surface area contributed by atoms with E-state index >= 15 is 0 Å². The van der Waals surface area contributed by atoms with E-state index in [0.717, 1.165) is 12.1 Å². The molecule has 0 aliphatic rings. The van der Waals surface area contributed by atoms with Gasteiger partial charge in [-0.1, -0.05) is 0 Å². The number of nitro benzene ring substituents is 1. The van der Waals surface area contributed by atoms with Gasteiger partial charge in [-0.2, -0.15) is 5.26 Å². The van der Waals surface area contributed by atoms with E-state index in [1.807, 2.05) is 0 Å². The second kappa shape index (κ2) is 5.18. The molecule has 0 amide bonds. The maximum atomic E-state index is 11.4. The molecule has 7 heteroatoms. The smallest absolute Gasteiger partial charge is 0.282 e. The van der Waals surface area contributed by atoms with Crippen molar-refractivity contribution < 1.29 is 14.5 Å². The first kappa shape index (κ1) is 12.8. The second-order valence-corrected chi connectivity index (χ2v) is 3.27. The average Bonchev–Trinajstić information content (AvgIpc) is 2.35. The lowest BCUT2D eigenvalue weighted by molar-refractivity contribution is -0.385. The van der Waals surface area contributed by atoms with Crippen molar-refractivity contribution >= 4 is 29.4 Å². The number of benzene rings is 1. The minimum Gasteiger partial charge on any atom is -0.298 e. The van der Waals surface area contributed by atoms with Crippen molar-refractivity contribution in [3.63, 3.8) is 0 Å². The number of carbonyl (C=O) groups is 2. The molecular formula is C10H5ClN2O4. The number of alkyl halides is 1. The maximum absolute atomic E-state index is 11.4. The minimum atomic E-state index is -0.826. The van der Waals surface area contributed by atoms with E-state index < -0.39 is 22.3 Å². The maximum Gasteiger partial charge on any atom is 0.282 e. The zero-order valence-electron chi connectivity index (χ0n) is 8.34. The Bertz CT molecular complexity index is 548. The summed E-state index contributed by atoms with van der Waals surface area (Å²) < 4.78 is 0. The van der Waals surface area contributed by atoms with E-state index in [-0.39, 0.29) is 23.0 Å². The lowest BCUT2D eigenvalue weighted by atomic mass is 10.00. The van der Waals surface area contributed by atoms with Crippen LogP contribution in [0.3, 0.4) is 0 Å². The van der Waals surface area contributed by atoms with E-state index in [1.54, 1.807) is 6.07 Å². The number of hydrogen-bond donors (Lipinski definition) is 0. The van der Waals surface area contributed by atoms with Crippen LogP contribution in [0.15, 0.2) is 12.1 Å². The molecule has 6 nitrogen and oxygen atoms in total. The molecule has 0 spiro atoms. The summed E-state index contributed by atoms with van der Waals surface area (Å²) in [5.41, 5.74) is -1.22. The lowest BCUT2D eigenvalue weighted by Crippen LogP contribution is -2.09. The number of nitro groups is 1. The van der Waals surface area contributed by atoms with E-state index in [9.17, 15) is 19.7 Å². The van der Waals surface area contributed by atoms with Crippen LogP contribution in [0.4, 0.5) is 5.69 Å². The van der Waals surface area contributed by atoms with Gasteiger partial charge in [0.1, 0.15) is 5.56 Å². The van der Waals surface area contributed by atoms with E-state index in [4.69, 9.17) is 16.9 Å². The first-order valence-corrected chi connectivity index (χ1v) is 4.85. The van der Waals surface area contributed by atoms with Gasteiger partial charge < -0.3 is 0 Å². The summed E-state index contributed by atoms with van der Waals surface area (Å²) in [7, 11) is 0. The Morgan fingerprint density at radius 2 is 2.24 bits per heavy atom. The van der Waals surface area contributed by atoms with Gasteiger partial charge in [0.15, 0.2) is 12.1 Å². The largest absolute Gasteiger partial charge is 0.298 e. The van der Waals surface area contributed by atoms with Crippen molar-refractivity contribution in [2.24, 2.45) is 0 Å². The summed E-state index contributed by atoms with van der Waals surface area (Å²) in [6.45, 7) is 0. The molecule has 0 aliphatic heterocycles. The Morgan fingerprint density at radius 3 is 2.65 bits per heavy atom. The first-order chi connectivity index (χ1) is 8.04. The number of carbonyl (C=O) groups excluding carboxylic acids is 2. The van der Waals surface area contributed by atoms with Gasteiger partial charge in [0.25, 0.3) is 5.69 Å². The monoisotopic (exact) mass is 252 g/mol. The van der Waals surface area contributed by atoms with Crippen LogP contribution in [0, 0.1) is 21.4 Å². The summed E-state index contributed by atoms with van der Waals surface area (Å²) in [4.78, 5) is 32.1. The number of rotatable bonds is 4. The van der Waals surface area contributed by atoms with Gasteiger partial charge in [-0.05, 0) is 6.07 Å². The fraction of sp³-hybridized carbons (Fsp3) is 0.100. The summed E-state index contributed by atoms with van der Waals surface area (Å²) in [6, 6.07) is 3.72. The number of halogens is 1. The zero-order chi connectivity index (χ0) is 13.0. The minimum absolute atomic E-state index is 0.0649. The number of aldehydes is 1. The standard InChI is InChI=1S/C10H5ClN2O4/c11-3-9(15)10-7(5-14)1-6(4-12)2-8(10)13(16)17/h1-2,5H,3H2. The summed E-state index contributed by atoms with van der Waals surface area (Å²) in [5, 5.41) is 19.4. The topological polar surface area (TPSA) is 101 Å². The molecule has 0 bridgehead atoms. The van der Waals surface area contributed by atoms with Gasteiger partial charge >= 0.3 is 0 Å². The molecule has 0 radical (unpaired) electrons. The highest BCUT2D eigenvalue weighted by atomic mass is 35.5. The van der Waals surface area contributed by atoms with Crippen molar-refractivity contribution in [3.05, 3.63) is 38.9 Å². The average molecular weight is 253 g/mol. The quantitative estimate of drug-likeness (QED) is 0.267. The Morgan fingerprint density at radius 1 is 1.59 bits per heavy atom. The van der Waals surface area contributed by atoms with Crippen LogP contribution in [0.5, 0.6) is 0 Å². The molecular weight excluding hydrogens is 248 g/mol. The molecule has 1 rings (SSSR count). The fourth-order valence-corrected chi connectivity index (χ4v) is 1.45. The van der Waals surface area contributed by atoms with Gasteiger partial charge in [-0.25, -0.2) is 0 Å². The van der Waals surface area contributed by atoms with Crippen LogP contribution in [-0.2, 0) is 0 Å². The highest BCUT2D eigenvalue weighted by Crippen LogP contribution is 2.24. The summed E-state index contributed by atoms with van der Waals surface area (Å²) >= 11 is 5.31. The molecule has 0 aromatic heterocycles. The number of hydrogen-bond acceptors (Lipinski definition) is 5. The van der Waals surface area contributed by atoms with Crippen molar-refractivity contribution in [1.29, 1.82) is 5.26 Å². The van der Waals surface area contributed by atoms with Gasteiger partial charge in [0, 0.05) is 11.6 Å². The van der Waals surface area contributed by atoms with Crippen LogP contribution in [0.25, 0.3) is 0 Å². The SMILES string of the molecule is N#Cc1cc(C=O)c(C(=O)CCl)c([N+](=O)[O-])c1. The van der Waals surface area contributed by atoms with Gasteiger partial charge in [-0.3, -0.25) is 19.7 Å². The Kier molecular flexibility index (Phi) is 3.91. The number of ketones is 1. The van der Waals surface area contributed by atoms with Crippen LogP contribution in [0.1, 0.15) is 26.3 Å². The van der Waals surface area contributed by atoms with Crippen LogP contribution >= 0.6 is 11.6 Å². The third kappa shape index (κ3) is 2.46. The Hall–Kier alpha value is -2.26. The second-order valence-electron chi connectivity index (χ2n) is 3.00. The predicted octanol–water partition coefficient (Wildman–Crippen LogP) is 1.70.